The van der Waals surface area contributed by atoms with Crippen LogP contribution >= 0.6 is 0 Å². The van der Waals surface area contributed by atoms with Crippen LogP contribution in [0.15, 0.2) is 30.5 Å². The van der Waals surface area contributed by atoms with Crippen molar-refractivity contribution in [3.05, 3.63) is 36.3 Å². The Morgan fingerprint density at radius 2 is 1.78 bits per heavy atom. The molecule has 0 saturated heterocycles. The standard InChI is InChI=1S/C24H33FN6O/c25-19-8-4-5-9-20(19)29-22-15-26-21-14-27-24(28-16-10-12-18(32)13-11-16)30-23(21)31(22)17-6-2-1-3-7-17/h4-5,8-9,14,16-18,22,26,29,32H,1-3,6-7,10-13,15H2,(H,27,28,30). The molecule has 4 N–H and O–H groups in total. The van der Waals surface area contributed by atoms with Gasteiger partial charge in [0, 0.05) is 12.1 Å². The van der Waals surface area contributed by atoms with E-state index < -0.39 is 0 Å². The van der Waals surface area contributed by atoms with Crippen molar-refractivity contribution in [2.45, 2.75) is 82.1 Å². The molecule has 0 amide bonds. The van der Waals surface area contributed by atoms with Gasteiger partial charge in [0.05, 0.1) is 30.2 Å². The van der Waals surface area contributed by atoms with E-state index in [4.69, 9.17) is 4.98 Å². The van der Waals surface area contributed by atoms with Crippen molar-refractivity contribution >= 4 is 23.1 Å². The van der Waals surface area contributed by atoms with Gasteiger partial charge in [-0.2, -0.15) is 4.98 Å². The molecule has 2 heterocycles. The first-order valence-electron chi connectivity index (χ1n) is 12.0. The Hall–Kier alpha value is -2.61. The number of rotatable bonds is 5. The molecule has 8 heteroatoms. The molecular weight excluding hydrogens is 407 g/mol. The third kappa shape index (κ3) is 4.60. The first kappa shape index (κ1) is 21.2. The number of halogens is 1. The molecule has 1 aromatic carbocycles. The first-order valence-corrected chi connectivity index (χ1v) is 12.0. The number of aliphatic hydroxyl groups is 1. The molecule has 1 unspecified atom stereocenters. The molecule has 2 aromatic rings. The van der Waals surface area contributed by atoms with Gasteiger partial charge in [0.15, 0.2) is 5.82 Å². The summed E-state index contributed by atoms with van der Waals surface area (Å²) in [5.74, 6) is 1.26. The van der Waals surface area contributed by atoms with E-state index >= 15 is 0 Å². The number of nitrogens with one attached hydrogen (secondary N) is 3. The molecule has 5 rings (SSSR count). The number of aliphatic hydroxyl groups excluding tert-OH is 1. The van der Waals surface area contributed by atoms with Crippen molar-refractivity contribution in [1.82, 2.24) is 9.97 Å². The zero-order valence-electron chi connectivity index (χ0n) is 18.4. The van der Waals surface area contributed by atoms with Crippen LogP contribution in [0.5, 0.6) is 0 Å². The summed E-state index contributed by atoms with van der Waals surface area (Å²) in [6, 6.07) is 7.48. The van der Waals surface area contributed by atoms with Crippen LogP contribution in [-0.2, 0) is 0 Å². The summed E-state index contributed by atoms with van der Waals surface area (Å²) < 4.78 is 14.4. The Morgan fingerprint density at radius 3 is 2.56 bits per heavy atom. The van der Waals surface area contributed by atoms with Gasteiger partial charge >= 0.3 is 0 Å². The van der Waals surface area contributed by atoms with E-state index in [2.05, 4.69) is 25.8 Å². The maximum atomic E-state index is 14.4. The van der Waals surface area contributed by atoms with Gasteiger partial charge in [0.25, 0.3) is 0 Å². The smallest absolute Gasteiger partial charge is 0.224 e. The van der Waals surface area contributed by atoms with Gasteiger partial charge in [-0.15, -0.1) is 0 Å². The van der Waals surface area contributed by atoms with E-state index in [1.807, 2.05) is 12.3 Å². The predicted octanol–water partition coefficient (Wildman–Crippen LogP) is 4.33. The molecule has 2 aliphatic carbocycles. The number of hydrogen-bond donors (Lipinski definition) is 4. The molecule has 0 bridgehead atoms. The monoisotopic (exact) mass is 440 g/mol. The van der Waals surface area contributed by atoms with Crippen molar-refractivity contribution in [3.63, 3.8) is 0 Å². The molecule has 3 aliphatic rings. The molecule has 172 valence electrons. The predicted molar refractivity (Wildman–Crippen MR) is 126 cm³/mol. The summed E-state index contributed by atoms with van der Waals surface area (Å²) in [6.07, 6.45) is 10.9. The van der Waals surface area contributed by atoms with E-state index in [-0.39, 0.29) is 24.1 Å². The Labute approximate surface area is 188 Å². The summed E-state index contributed by atoms with van der Waals surface area (Å²) in [5.41, 5.74) is 1.43. The van der Waals surface area contributed by atoms with Crippen LogP contribution in [-0.4, -0.2) is 46.0 Å². The lowest BCUT2D eigenvalue weighted by Crippen LogP contribution is -2.54. The molecule has 7 nitrogen and oxygen atoms in total. The number of nitrogens with zero attached hydrogens (tertiary/aromatic N) is 3. The van der Waals surface area contributed by atoms with Gasteiger partial charge in [-0.1, -0.05) is 31.4 Å². The number of anilines is 4. The van der Waals surface area contributed by atoms with Gasteiger partial charge in [0.2, 0.25) is 5.95 Å². The number of para-hydroxylation sites is 1. The van der Waals surface area contributed by atoms with Crippen molar-refractivity contribution in [2.75, 3.05) is 27.4 Å². The van der Waals surface area contributed by atoms with Gasteiger partial charge in [0.1, 0.15) is 12.0 Å². The number of hydrogen-bond acceptors (Lipinski definition) is 7. The lowest BCUT2D eigenvalue weighted by Gasteiger charge is -2.45. The Kier molecular flexibility index (Phi) is 6.30. The Balaban J connectivity index is 1.41. The van der Waals surface area contributed by atoms with Crippen molar-refractivity contribution < 1.29 is 9.50 Å². The van der Waals surface area contributed by atoms with E-state index in [1.165, 1.54) is 25.3 Å². The van der Waals surface area contributed by atoms with E-state index in [0.717, 1.165) is 50.0 Å². The lowest BCUT2D eigenvalue weighted by atomic mass is 9.93. The highest BCUT2D eigenvalue weighted by atomic mass is 19.1. The Morgan fingerprint density at radius 1 is 1.00 bits per heavy atom. The van der Waals surface area contributed by atoms with Gasteiger partial charge in [-0.3, -0.25) is 0 Å². The van der Waals surface area contributed by atoms with Crippen molar-refractivity contribution in [1.29, 1.82) is 0 Å². The molecule has 0 spiro atoms. The second kappa shape index (κ2) is 9.48. The molecule has 1 aliphatic heterocycles. The fourth-order valence-electron chi connectivity index (χ4n) is 5.28. The average Bonchev–Trinajstić information content (AvgIpc) is 2.82. The quantitative estimate of drug-likeness (QED) is 0.550. The lowest BCUT2D eigenvalue weighted by molar-refractivity contribution is 0.126. The fourth-order valence-corrected chi connectivity index (χ4v) is 5.28. The zero-order valence-corrected chi connectivity index (χ0v) is 18.4. The maximum Gasteiger partial charge on any atom is 0.224 e. The second-order valence-electron chi connectivity index (χ2n) is 9.30. The van der Waals surface area contributed by atoms with Crippen molar-refractivity contribution in [3.8, 4) is 0 Å². The summed E-state index contributed by atoms with van der Waals surface area (Å²) in [4.78, 5) is 11.9. The largest absolute Gasteiger partial charge is 0.393 e. The first-order chi connectivity index (χ1) is 15.7. The summed E-state index contributed by atoms with van der Waals surface area (Å²) >= 11 is 0. The second-order valence-corrected chi connectivity index (χ2v) is 9.30. The van der Waals surface area contributed by atoms with Gasteiger partial charge in [-0.05, 0) is 50.7 Å². The maximum absolute atomic E-state index is 14.4. The third-order valence-electron chi connectivity index (χ3n) is 7.03. The van der Waals surface area contributed by atoms with Gasteiger partial charge in [-0.25, -0.2) is 9.37 Å². The van der Waals surface area contributed by atoms with Crippen LogP contribution < -0.4 is 20.9 Å². The topological polar surface area (TPSA) is 85.3 Å². The SMILES string of the molecule is OC1CCC(Nc2ncc3c(n2)N(C2CCCCC2)C(Nc2ccccc2F)CN3)CC1. The normalized spacial score (nSPS) is 26.2. The van der Waals surface area contributed by atoms with Crippen LogP contribution in [0.4, 0.5) is 27.5 Å². The highest BCUT2D eigenvalue weighted by Gasteiger charge is 2.34. The van der Waals surface area contributed by atoms with Crippen LogP contribution in [0.3, 0.4) is 0 Å². The van der Waals surface area contributed by atoms with Crippen LogP contribution in [0.2, 0.25) is 0 Å². The molecule has 0 radical (unpaired) electrons. The molecular formula is C24H33FN6O. The fraction of sp³-hybridized carbons (Fsp3) is 0.583. The number of fused-ring (bicyclic) bond motifs is 1. The zero-order chi connectivity index (χ0) is 21.9. The summed E-state index contributed by atoms with van der Waals surface area (Å²) in [6.45, 7) is 0.647. The van der Waals surface area contributed by atoms with Crippen molar-refractivity contribution in [2.24, 2.45) is 0 Å². The minimum atomic E-state index is -0.244. The third-order valence-corrected chi connectivity index (χ3v) is 7.03. The van der Waals surface area contributed by atoms with Crippen LogP contribution in [0.25, 0.3) is 0 Å². The molecule has 1 aromatic heterocycles. The minimum Gasteiger partial charge on any atom is -0.393 e. The summed E-state index contributed by atoms with van der Waals surface area (Å²) in [7, 11) is 0. The minimum absolute atomic E-state index is 0.102. The number of benzene rings is 1. The van der Waals surface area contributed by atoms with E-state index in [1.54, 1.807) is 12.1 Å². The van der Waals surface area contributed by atoms with E-state index in [9.17, 15) is 9.50 Å². The molecule has 2 saturated carbocycles. The molecule has 1 atom stereocenters. The van der Waals surface area contributed by atoms with Gasteiger partial charge < -0.3 is 26.0 Å². The Bertz CT molecular complexity index is 913. The molecule has 32 heavy (non-hydrogen) atoms. The van der Waals surface area contributed by atoms with E-state index in [0.29, 0.717) is 24.2 Å². The highest BCUT2D eigenvalue weighted by Crippen LogP contribution is 2.36. The van der Waals surface area contributed by atoms with Crippen LogP contribution in [0.1, 0.15) is 57.8 Å². The van der Waals surface area contributed by atoms with Crippen LogP contribution in [0, 0.1) is 5.82 Å². The highest BCUT2D eigenvalue weighted by molar-refractivity contribution is 5.70. The number of aromatic nitrogens is 2. The average molecular weight is 441 g/mol. The molecule has 2 fully saturated rings. The summed E-state index contributed by atoms with van der Waals surface area (Å²) in [5, 5.41) is 20.1.